The third-order valence-electron chi connectivity index (χ3n) is 5.66. The standard InChI is InChI=1S/C22H27ClN6O/c1-3-21(28-13-11-27(12-14-28)19-6-4-5-18(23)15-19)22-24-25-26-29(22)16-17-7-9-20(30-2)10-8-17/h4-10,15,21H,3,11-14,16H2,1-2H3/t21-/m1/s1. The summed E-state index contributed by atoms with van der Waals surface area (Å²) in [6.07, 6.45) is 0.958. The number of nitrogens with zero attached hydrogens (tertiary/aromatic N) is 6. The maximum Gasteiger partial charge on any atom is 0.168 e. The number of tetrazole rings is 1. The predicted octanol–water partition coefficient (Wildman–Crippen LogP) is 3.66. The molecule has 0 radical (unpaired) electrons. The summed E-state index contributed by atoms with van der Waals surface area (Å²) in [5.41, 5.74) is 2.32. The van der Waals surface area contributed by atoms with Crippen molar-refractivity contribution in [2.24, 2.45) is 0 Å². The molecule has 0 amide bonds. The first-order valence-electron chi connectivity index (χ1n) is 10.3. The molecule has 7 nitrogen and oxygen atoms in total. The summed E-state index contributed by atoms with van der Waals surface area (Å²) in [5.74, 6) is 1.77. The molecule has 2 heterocycles. The van der Waals surface area contributed by atoms with Crippen LogP contribution in [0.5, 0.6) is 5.75 Å². The molecule has 0 N–H and O–H groups in total. The summed E-state index contributed by atoms with van der Waals surface area (Å²) in [6.45, 7) is 6.67. The second-order valence-corrected chi connectivity index (χ2v) is 7.91. The van der Waals surface area contributed by atoms with E-state index in [4.69, 9.17) is 16.3 Å². The van der Waals surface area contributed by atoms with E-state index in [1.54, 1.807) is 7.11 Å². The Morgan fingerprint density at radius 2 is 1.83 bits per heavy atom. The van der Waals surface area contributed by atoms with Crippen LogP contribution in [0.15, 0.2) is 48.5 Å². The Kier molecular flexibility index (Phi) is 6.50. The number of benzene rings is 2. The van der Waals surface area contributed by atoms with Gasteiger partial charge in [0, 0.05) is 36.9 Å². The van der Waals surface area contributed by atoms with Crippen LogP contribution in [0.1, 0.15) is 30.8 Å². The van der Waals surface area contributed by atoms with Crippen LogP contribution < -0.4 is 9.64 Å². The number of methoxy groups -OCH3 is 1. The van der Waals surface area contributed by atoms with Gasteiger partial charge in [0.05, 0.1) is 19.7 Å². The van der Waals surface area contributed by atoms with E-state index in [1.165, 1.54) is 5.69 Å². The van der Waals surface area contributed by atoms with Gasteiger partial charge in [-0.3, -0.25) is 4.90 Å². The number of aromatic nitrogens is 4. The van der Waals surface area contributed by atoms with Crippen molar-refractivity contribution < 1.29 is 4.74 Å². The molecule has 2 aromatic carbocycles. The highest BCUT2D eigenvalue weighted by Crippen LogP contribution is 2.26. The highest BCUT2D eigenvalue weighted by atomic mass is 35.5. The lowest BCUT2D eigenvalue weighted by molar-refractivity contribution is 0.169. The third kappa shape index (κ3) is 4.57. The fraction of sp³-hybridized carbons (Fsp3) is 0.409. The molecule has 8 heteroatoms. The van der Waals surface area contributed by atoms with E-state index in [1.807, 2.05) is 35.0 Å². The lowest BCUT2D eigenvalue weighted by atomic mass is 10.1. The number of halogens is 1. The molecule has 158 valence electrons. The molecule has 0 saturated carbocycles. The molecule has 1 aliphatic heterocycles. The molecule has 1 fully saturated rings. The van der Waals surface area contributed by atoms with Crippen molar-refractivity contribution in [2.45, 2.75) is 25.9 Å². The smallest absolute Gasteiger partial charge is 0.168 e. The van der Waals surface area contributed by atoms with Crippen molar-refractivity contribution in [3.8, 4) is 5.75 Å². The summed E-state index contributed by atoms with van der Waals surface area (Å²) in [7, 11) is 1.67. The number of hydrogen-bond acceptors (Lipinski definition) is 6. The molecule has 4 rings (SSSR count). The van der Waals surface area contributed by atoms with Crippen LogP contribution in [0.4, 0.5) is 5.69 Å². The Labute approximate surface area is 182 Å². The van der Waals surface area contributed by atoms with Crippen molar-refractivity contribution in [1.82, 2.24) is 25.1 Å². The minimum absolute atomic E-state index is 0.194. The normalized spacial score (nSPS) is 15.9. The zero-order chi connectivity index (χ0) is 20.9. The highest BCUT2D eigenvalue weighted by Gasteiger charge is 2.28. The van der Waals surface area contributed by atoms with E-state index < -0.39 is 0 Å². The first-order valence-corrected chi connectivity index (χ1v) is 10.7. The Morgan fingerprint density at radius 1 is 1.07 bits per heavy atom. The molecule has 1 atom stereocenters. The van der Waals surface area contributed by atoms with Crippen molar-refractivity contribution in [1.29, 1.82) is 0 Å². The number of piperazine rings is 1. The van der Waals surface area contributed by atoms with Gasteiger partial charge in [-0.2, -0.15) is 0 Å². The zero-order valence-electron chi connectivity index (χ0n) is 17.4. The summed E-state index contributed by atoms with van der Waals surface area (Å²) in [5, 5.41) is 13.4. The second kappa shape index (κ2) is 9.45. The molecule has 0 spiro atoms. The first kappa shape index (κ1) is 20.6. The molecule has 0 aliphatic carbocycles. The molecule has 1 aromatic heterocycles. The average Bonchev–Trinajstić information content (AvgIpc) is 3.23. The number of rotatable bonds is 7. The van der Waals surface area contributed by atoms with E-state index in [-0.39, 0.29) is 6.04 Å². The molecule has 0 unspecified atom stereocenters. The van der Waals surface area contributed by atoms with E-state index in [0.717, 1.165) is 54.8 Å². The number of ether oxygens (including phenoxy) is 1. The lowest BCUT2D eigenvalue weighted by Crippen LogP contribution is -2.48. The third-order valence-corrected chi connectivity index (χ3v) is 5.90. The fourth-order valence-electron chi connectivity index (χ4n) is 4.04. The van der Waals surface area contributed by atoms with Gasteiger partial charge in [0.15, 0.2) is 5.82 Å². The Bertz CT molecular complexity index is 952. The molecule has 1 saturated heterocycles. The lowest BCUT2D eigenvalue weighted by Gasteiger charge is -2.39. The number of anilines is 1. The summed E-state index contributed by atoms with van der Waals surface area (Å²) < 4.78 is 7.16. The van der Waals surface area contributed by atoms with Crippen molar-refractivity contribution in [3.63, 3.8) is 0 Å². The van der Waals surface area contributed by atoms with Gasteiger partial charge >= 0.3 is 0 Å². The van der Waals surface area contributed by atoms with Crippen molar-refractivity contribution in [2.75, 3.05) is 38.2 Å². The van der Waals surface area contributed by atoms with Crippen LogP contribution in [0.25, 0.3) is 0 Å². The summed E-state index contributed by atoms with van der Waals surface area (Å²) in [4.78, 5) is 4.87. The maximum atomic E-state index is 6.17. The molecular formula is C22H27ClN6O. The SMILES string of the molecule is CC[C@H](c1nnnn1Cc1ccc(OC)cc1)N1CCN(c2cccc(Cl)c2)CC1. The van der Waals surface area contributed by atoms with Gasteiger partial charge in [0.1, 0.15) is 5.75 Å². The highest BCUT2D eigenvalue weighted by molar-refractivity contribution is 6.30. The van der Waals surface area contributed by atoms with Gasteiger partial charge in [-0.05, 0) is 52.7 Å². The van der Waals surface area contributed by atoms with Crippen LogP contribution in [-0.2, 0) is 6.54 Å². The van der Waals surface area contributed by atoms with E-state index in [9.17, 15) is 0 Å². The largest absolute Gasteiger partial charge is 0.497 e. The van der Waals surface area contributed by atoms with Gasteiger partial charge in [-0.25, -0.2) is 4.68 Å². The predicted molar refractivity (Wildman–Crippen MR) is 118 cm³/mol. The van der Waals surface area contributed by atoms with Gasteiger partial charge in [0.2, 0.25) is 0 Å². The average molecular weight is 427 g/mol. The van der Waals surface area contributed by atoms with E-state index >= 15 is 0 Å². The topological polar surface area (TPSA) is 59.3 Å². The Hall–Kier alpha value is -2.64. The molecule has 30 heavy (non-hydrogen) atoms. The maximum absolute atomic E-state index is 6.17. The minimum atomic E-state index is 0.194. The van der Waals surface area contributed by atoms with Crippen LogP contribution in [0.3, 0.4) is 0 Å². The quantitative estimate of drug-likeness (QED) is 0.574. The van der Waals surface area contributed by atoms with Gasteiger partial charge in [-0.15, -0.1) is 5.10 Å². The number of hydrogen-bond donors (Lipinski definition) is 0. The molecular weight excluding hydrogens is 400 g/mol. The van der Waals surface area contributed by atoms with Gasteiger partial charge < -0.3 is 9.64 Å². The molecule has 3 aromatic rings. The molecule has 1 aliphatic rings. The summed E-state index contributed by atoms with van der Waals surface area (Å²) >= 11 is 6.17. The van der Waals surface area contributed by atoms with Gasteiger partial charge in [-0.1, -0.05) is 36.7 Å². The fourth-order valence-corrected chi connectivity index (χ4v) is 4.22. The Balaban J connectivity index is 1.44. The monoisotopic (exact) mass is 426 g/mol. The second-order valence-electron chi connectivity index (χ2n) is 7.47. The first-order chi connectivity index (χ1) is 14.7. The van der Waals surface area contributed by atoms with Crippen molar-refractivity contribution >= 4 is 17.3 Å². The van der Waals surface area contributed by atoms with Crippen LogP contribution in [-0.4, -0.2) is 58.4 Å². The molecule has 0 bridgehead atoms. The Morgan fingerprint density at radius 3 is 2.50 bits per heavy atom. The van der Waals surface area contributed by atoms with Crippen LogP contribution in [0, 0.1) is 0 Å². The van der Waals surface area contributed by atoms with Gasteiger partial charge in [0.25, 0.3) is 0 Å². The van der Waals surface area contributed by atoms with E-state index in [0.29, 0.717) is 6.54 Å². The minimum Gasteiger partial charge on any atom is -0.497 e. The van der Waals surface area contributed by atoms with Crippen LogP contribution in [0.2, 0.25) is 5.02 Å². The summed E-state index contributed by atoms with van der Waals surface area (Å²) in [6, 6.07) is 16.3. The van der Waals surface area contributed by atoms with E-state index in [2.05, 4.69) is 50.4 Å². The zero-order valence-corrected chi connectivity index (χ0v) is 18.2. The van der Waals surface area contributed by atoms with Crippen molar-refractivity contribution in [3.05, 3.63) is 64.9 Å². The van der Waals surface area contributed by atoms with Crippen LogP contribution >= 0.6 is 11.6 Å².